The van der Waals surface area contributed by atoms with E-state index in [4.69, 9.17) is 16.0 Å². The summed E-state index contributed by atoms with van der Waals surface area (Å²) in [6.45, 7) is 1.79. The fourth-order valence-corrected chi connectivity index (χ4v) is 4.07. The number of carbonyl (C=O) groups excluding carboxylic acids is 3. The fourth-order valence-electron chi connectivity index (χ4n) is 3.33. The molecule has 4 amide bonds. The van der Waals surface area contributed by atoms with Gasteiger partial charge in [-0.15, -0.1) is 10.2 Å². The minimum Gasteiger partial charge on any atom is -0.411 e. The highest BCUT2D eigenvalue weighted by atomic mass is 35.5. The van der Waals surface area contributed by atoms with Crippen LogP contribution in [0.15, 0.2) is 64.2 Å². The molecule has 1 saturated heterocycles. The summed E-state index contributed by atoms with van der Waals surface area (Å²) in [6.07, 6.45) is 0.330. The van der Waals surface area contributed by atoms with Crippen LogP contribution in [0, 0.1) is 0 Å². The molecule has 2 aromatic carbocycles. The SMILES string of the molecule is CCC1(c2ccccc2)NC(=O)N(NC(=O)CSc2nnc(-c3cccc(Cl)c3)o2)C1=O. The zero-order valence-electron chi connectivity index (χ0n) is 16.9. The van der Waals surface area contributed by atoms with Gasteiger partial charge in [-0.3, -0.25) is 15.0 Å². The second-order valence-corrected chi connectivity index (χ2v) is 8.27. The molecular formula is C21H18ClN5O4S. The first-order valence-corrected chi connectivity index (χ1v) is 11.0. The van der Waals surface area contributed by atoms with Gasteiger partial charge in [-0.1, -0.05) is 66.7 Å². The Kier molecular flexibility index (Phi) is 6.15. The van der Waals surface area contributed by atoms with Crippen LogP contribution in [0.1, 0.15) is 18.9 Å². The van der Waals surface area contributed by atoms with E-state index in [-0.39, 0.29) is 16.9 Å². The Balaban J connectivity index is 1.39. The number of urea groups is 1. The van der Waals surface area contributed by atoms with Gasteiger partial charge in [0.25, 0.3) is 11.1 Å². The van der Waals surface area contributed by atoms with Crippen molar-refractivity contribution in [2.75, 3.05) is 5.75 Å². The highest BCUT2D eigenvalue weighted by Gasteiger charge is 2.52. The van der Waals surface area contributed by atoms with Crippen molar-refractivity contribution in [3.05, 3.63) is 65.2 Å². The minimum atomic E-state index is -1.23. The summed E-state index contributed by atoms with van der Waals surface area (Å²) in [6, 6.07) is 15.1. The van der Waals surface area contributed by atoms with Gasteiger partial charge in [0.1, 0.15) is 5.54 Å². The van der Waals surface area contributed by atoms with Crippen molar-refractivity contribution in [3.63, 3.8) is 0 Å². The zero-order chi connectivity index (χ0) is 22.7. The number of amides is 4. The Morgan fingerprint density at radius 3 is 2.69 bits per heavy atom. The van der Waals surface area contributed by atoms with Crippen molar-refractivity contribution < 1.29 is 18.8 Å². The summed E-state index contributed by atoms with van der Waals surface area (Å²) in [5.41, 5.74) is 2.43. The third kappa shape index (κ3) is 4.19. The fraction of sp³-hybridized carbons (Fsp3) is 0.190. The predicted octanol–water partition coefficient (Wildman–Crippen LogP) is 3.37. The molecule has 1 aliphatic heterocycles. The third-order valence-corrected chi connectivity index (χ3v) is 5.98. The molecular weight excluding hydrogens is 454 g/mol. The number of aromatic nitrogens is 2. The lowest BCUT2D eigenvalue weighted by molar-refractivity contribution is -0.138. The number of carbonyl (C=O) groups is 3. The van der Waals surface area contributed by atoms with E-state index in [0.717, 1.165) is 11.8 Å². The maximum absolute atomic E-state index is 13.0. The first kappa shape index (κ1) is 21.8. The molecule has 164 valence electrons. The summed E-state index contributed by atoms with van der Waals surface area (Å²) in [7, 11) is 0. The summed E-state index contributed by atoms with van der Waals surface area (Å²) < 4.78 is 5.54. The second kappa shape index (κ2) is 9.01. The molecule has 1 fully saturated rings. The monoisotopic (exact) mass is 471 g/mol. The Hall–Kier alpha value is -3.37. The number of rotatable bonds is 7. The Morgan fingerprint density at radius 2 is 1.97 bits per heavy atom. The summed E-state index contributed by atoms with van der Waals surface area (Å²) in [5.74, 6) is -0.991. The molecule has 0 aliphatic carbocycles. The number of hydrogen-bond donors (Lipinski definition) is 2. The van der Waals surface area contributed by atoms with Crippen LogP contribution >= 0.6 is 23.4 Å². The smallest absolute Gasteiger partial charge is 0.344 e. The van der Waals surface area contributed by atoms with Crippen molar-refractivity contribution >= 4 is 41.2 Å². The molecule has 0 saturated carbocycles. The first-order chi connectivity index (χ1) is 15.4. The maximum atomic E-state index is 13.0. The van der Waals surface area contributed by atoms with Gasteiger partial charge in [-0.2, -0.15) is 5.01 Å². The van der Waals surface area contributed by atoms with Gasteiger partial charge in [0, 0.05) is 10.6 Å². The largest absolute Gasteiger partial charge is 0.411 e. The quantitative estimate of drug-likeness (QED) is 0.400. The van der Waals surface area contributed by atoms with Crippen molar-refractivity contribution in [1.29, 1.82) is 0 Å². The number of hydrazine groups is 1. The molecule has 1 unspecified atom stereocenters. The molecule has 2 N–H and O–H groups in total. The van der Waals surface area contributed by atoms with Gasteiger partial charge in [0.2, 0.25) is 11.8 Å². The first-order valence-electron chi connectivity index (χ1n) is 9.67. The third-order valence-electron chi connectivity index (χ3n) is 4.93. The highest BCUT2D eigenvalue weighted by molar-refractivity contribution is 7.99. The van der Waals surface area contributed by atoms with Crippen molar-refractivity contribution in [2.24, 2.45) is 0 Å². The summed E-state index contributed by atoms with van der Waals surface area (Å²) in [5, 5.41) is 11.9. The molecule has 1 aliphatic rings. The number of halogens is 1. The molecule has 0 spiro atoms. The van der Waals surface area contributed by atoms with Crippen LogP contribution in [0.3, 0.4) is 0 Å². The zero-order valence-corrected chi connectivity index (χ0v) is 18.4. The number of nitrogens with zero attached hydrogens (tertiary/aromatic N) is 3. The molecule has 3 aromatic rings. The average molecular weight is 472 g/mol. The van der Waals surface area contributed by atoms with E-state index < -0.39 is 23.4 Å². The lowest BCUT2D eigenvalue weighted by Crippen LogP contribution is -2.49. The standard InChI is InChI=1S/C21H18ClN5O4S/c1-2-21(14-8-4-3-5-9-14)18(29)27(19(30)23-21)26-16(28)12-32-20-25-24-17(31-20)13-7-6-10-15(22)11-13/h3-11H,2,12H2,1H3,(H,23,30)(H,26,28). The minimum absolute atomic E-state index is 0.140. The maximum Gasteiger partial charge on any atom is 0.344 e. The summed E-state index contributed by atoms with van der Waals surface area (Å²) in [4.78, 5) is 37.9. The predicted molar refractivity (Wildman–Crippen MR) is 117 cm³/mol. The van der Waals surface area contributed by atoms with E-state index >= 15 is 0 Å². The lowest BCUT2D eigenvalue weighted by atomic mass is 9.87. The van der Waals surface area contributed by atoms with Crippen LogP contribution in [-0.2, 0) is 15.1 Å². The molecule has 1 aromatic heterocycles. The number of thioether (sulfide) groups is 1. The van der Waals surface area contributed by atoms with Gasteiger partial charge in [-0.05, 0) is 30.2 Å². The van der Waals surface area contributed by atoms with E-state index in [1.807, 2.05) is 6.07 Å². The number of nitrogens with one attached hydrogen (secondary N) is 2. The van der Waals surface area contributed by atoms with Crippen LogP contribution in [0.25, 0.3) is 11.5 Å². The Labute approximate surface area is 192 Å². The topological polar surface area (TPSA) is 117 Å². The molecule has 1 atom stereocenters. The van der Waals surface area contributed by atoms with Crippen LogP contribution in [-0.4, -0.2) is 38.8 Å². The highest BCUT2D eigenvalue weighted by Crippen LogP contribution is 2.31. The average Bonchev–Trinajstić information content (AvgIpc) is 3.37. The van der Waals surface area contributed by atoms with Crippen LogP contribution < -0.4 is 10.7 Å². The van der Waals surface area contributed by atoms with E-state index in [2.05, 4.69) is 20.9 Å². The van der Waals surface area contributed by atoms with Crippen LogP contribution in [0.5, 0.6) is 0 Å². The van der Waals surface area contributed by atoms with Gasteiger partial charge in [0.05, 0.1) is 5.75 Å². The molecule has 4 rings (SSSR count). The van der Waals surface area contributed by atoms with Crippen LogP contribution in [0.2, 0.25) is 5.02 Å². The van der Waals surface area contributed by atoms with Gasteiger partial charge in [0.15, 0.2) is 0 Å². The van der Waals surface area contributed by atoms with Crippen molar-refractivity contribution in [2.45, 2.75) is 24.1 Å². The Morgan fingerprint density at radius 1 is 1.19 bits per heavy atom. The van der Waals surface area contributed by atoms with Crippen molar-refractivity contribution in [1.82, 2.24) is 25.9 Å². The Bertz CT molecular complexity index is 1170. The molecule has 0 bridgehead atoms. The number of benzene rings is 2. The van der Waals surface area contributed by atoms with E-state index in [1.165, 1.54) is 0 Å². The van der Waals surface area contributed by atoms with E-state index in [0.29, 0.717) is 27.6 Å². The lowest BCUT2D eigenvalue weighted by Gasteiger charge is -2.25. The molecule has 0 radical (unpaired) electrons. The van der Waals surface area contributed by atoms with Gasteiger partial charge >= 0.3 is 6.03 Å². The van der Waals surface area contributed by atoms with Crippen molar-refractivity contribution in [3.8, 4) is 11.5 Å². The normalized spacial score (nSPS) is 18.0. The van der Waals surface area contributed by atoms with E-state index in [1.54, 1.807) is 55.5 Å². The molecule has 9 nitrogen and oxygen atoms in total. The molecule has 2 heterocycles. The number of imide groups is 1. The molecule has 11 heteroatoms. The van der Waals surface area contributed by atoms with Gasteiger partial charge in [-0.25, -0.2) is 4.79 Å². The molecule has 32 heavy (non-hydrogen) atoms. The van der Waals surface area contributed by atoms with Crippen LogP contribution in [0.4, 0.5) is 4.79 Å². The number of hydrogen-bond acceptors (Lipinski definition) is 7. The second-order valence-electron chi connectivity index (χ2n) is 6.90. The summed E-state index contributed by atoms with van der Waals surface area (Å²) >= 11 is 6.95. The van der Waals surface area contributed by atoms with Gasteiger partial charge < -0.3 is 9.73 Å². The van der Waals surface area contributed by atoms with E-state index in [9.17, 15) is 14.4 Å².